The number of rotatable bonds is 4. The molecular weight excluding hydrogens is 342 g/mol. The van der Waals surface area contributed by atoms with E-state index in [0.717, 1.165) is 3.79 Å². The second-order valence-corrected chi connectivity index (χ2v) is 6.26. The lowest BCUT2D eigenvalue weighted by molar-refractivity contribution is 0.0476. The van der Waals surface area contributed by atoms with E-state index >= 15 is 0 Å². The molecule has 6 heteroatoms. The number of carbonyl (C=O) groups excluding carboxylic acids is 2. The Kier molecular flexibility index (Phi) is 4.66. The zero-order valence-electron chi connectivity index (χ0n) is 10.1. The van der Waals surface area contributed by atoms with Gasteiger partial charge in [-0.05, 0) is 52.3 Å². The molecule has 1 aromatic carbocycles. The minimum atomic E-state index is -0.585. The summed E-state index contributed by atoms with van der Waals surface area (Å²) in [6, 6.07) is 11.4. The second-order valence-electron chi connectivity index (χ2n) is 3.79. The smallest absolute Gasteiger partial charge is 0.338 e. The van der Waals surface area contributed by atoms with Crippen LogP contribution in [0.25, 0.3) is 0 Å². The molecule has 0 aliphatic rings. The standard InChI is InChI=1S/C14H8BrNO3S/c15-13-6-5-12(20-13)11(17)8-19-14(18)10-3-1-9(7-16)2-4-10/h1-6H,8H2. The van der Waals surface area contributed by atoms with Crippen molar-refractivity contribution < 1.29 is 14.3 Å². The Bertz CT molecular complexity index is 685. The van der Waals surface area contributed by atoms with Crippen molar-refractivity contribution in [3.63, 3.8) is 0 Å². The van der Waals surface area contributed by atoms with Gasteiger partial charge in [0.25, 0.3) is 0 Å². The Labute approximate surface area is 127 Å². The highest BCUT2D eigenvalue weighted by atomic mass is 79.9. The van der Waals surface area contributed by atoms with Gasteiger partial charge in [0.05, 0.1) is 25.9 Å². The zero-order valence-corrected chi connectivity index (χ0v) is 12.5. The first kappa shape index (κ1) is 14.4. The van der Waals surface area contributed by atoms with Crippen LogP contribution in [0.1, 0.15) is 25.6 Å². The first-order valence-corrected chi connectivity index (χ1v) is 7.17. The number of benzene rings is 1. The Balaban J connectivity index is 1.95. The average Bonchev–Trinajstić information content (AvgIpc) is 2.91. The molecule has 0 spiro atoms. The highest BCUT2D eigenvalue weighted by molar-refractivity contribution is 9.11. The van der Waals surface area contributed by atoms with Gasteiger partial charge in [0, 0.05) is 0 Å². The third-order valence-corrected chi connectivity index (χ3v) is 4.10. The second kappa shape index (κ2) is 6.46. The highest BCUT2D eigenvalue weighted by Gasteiger charge is 2.13. The van der Waals surface area contributed by atoms with Crippen LogP contribution in [0.3, 0.4) is 0 Å². The van der Waals surface area contributed by atoms with Gasteiger partial charge in [0.15, 0.2) is 6.61 Å². The van der Waals surface area contributed by atoms with Gasteiger partial charge in [-0.2, -0.15) is 5.26 Å². The molecule has 1 heterocycles. The number of Topliss-reactive ketones (excluding diaryl/α,β-unsaturated/α-hetero) is 1. The number of nitriles is 1. The zero-order chi connectivity index (χ0) is 14.5. The molecule has 1 aromatic heterocycles. The van der Waals surface area contributed by atoms with Crippen LogP contribution in [0.5, 0.6) is 0 Å². The number of ether oxygens (including phenoxy) is 1. The molecule has 2 rings (SSSR count). The van der Waals surface area contributed by atoms with Crippen molar-refractivity contribution in [1.29, 1.82) is 5.26 Å². The predicted molar refractivity (Wildman–Crippen MR) is 77.8 cm³/mol. The van der Waals surface area contributed by atoms with Crippen LogP contribution < -0.4 is 0 Å². The number of halogens is 1. The molecule has 0 bridgehead atoms. The van der Waals surface area contributed by atoms with Gasteiger partial charge in [-0.15, -0.1) is 11.3 Å². The molecule has 100 valence electrons. The molecule has 0 saturated heterocycles. The van der Waals surface area contributed by atoms with Gasteiger partial charge in [0.1, 0.15) is 0 Å². The fraction of sp³-hybridized carbons (Fsp3) is 0.0714. The third-order valence-electron chi connectivity index (χ3n) is 2.43. The normalized spacial score (nSPS) is 9.80. The SMILES string of the molecule is N#Cc1ccc(C(=O)OCC(=O)c2ccc(Br)s2)cc1. The maximum atomic E-state index is 11.8. The largest absolute Gasteiger partial charge is 0.454 e. The van der Waals surface area contributed by atoms with E-state index in [1.54, 1.807) is 12.1 Å². The van der Waals surface area contributed by atoms with E-state index in [1.165, 1.54) is 35.6 Å². The first-order valence-electron chi connectivity index (χ1n) is 5.56. The number of ketones is 1. The molecule has 0 amide bonds. The van der Waals surface area contributed by atoms with Gasteiger partial charge >= 0.3 is 5.97 Å². The number of hydrogen-bond acceptors (Lipinski definition) is 5. The number of esters is 1. The summed E-state index contributed by atoms with van der Waals surface area (Å²) in [6.45, 7) is -0.300. The minimum Gasteiger partial charge on any atom is -0.454 e. The predicted octanol–water partition coefficient (Wildman–Crippen LogP) is 3.42. The van der Waals surface area contributed by atoms with Crippen LogP contribution >= 0.6 is 27.3 Å². The molecule has 0 aliphatic carbocycles. The van der Waals surface area contributed by atoms with Crippen molar-refractivity contribution >= 4 is 39.0 Å². The van der Waals surface area contributed by atoms with Crippen molar-refractivity contribution in [2.45, 2.75) is 0 Å². The number of carbonyl (C=O) groups is 2. The summed E-state index contributed by atoms with van der Waals surface area (Å²) in [7, 11) is 0. The molecule has 0 atom stereocenters. The summed E-state index contributed by atoms with van der Waals surface area (Å²) in [5, 5.41) is 8.66. The number of hydrogen-bond donors (Lipinski definition) is 0. The van der Waals surface area contributed by atoms with Gasteiger partial charge in [0.2, 0.25) is 5.78 Å². The maximum absolute atomic E-state index is 11.8. The first-order chi connectivity index (χ1) is 9.60. The fourth-order valence-electron chi connectivity index (χ4n) is 1.43. The van der Waals surface area contributed by atoms with E-state index in [2.05, 4.69) is 15.9 Å². The van der Waals surface area contributed by atoms with Gasteiger partial charge in [-0.25, -0.2) is 4.79 Å². The molecular formula is C14H8BrNO3S. The maximum Gasteiger partial charge on any atom is 0.338 e. The van der Waals surface area contributed by atoms with Gasteiger partial charge in [-0.1, -0.05) is 0 Å². The van der Waals surface area contributed by atoms with E-state index in [-0.39, 0.29) is 12.4 Å². The quantitative estimate of drug-likeness (QED) is 0.626. The van der Waals surface area contributed by atoms with Crippen molar-refractivity contribution in [1.82, 2.24) is 0 Å². The molecule has 0 radical (unpaired) electrons. The lowest BCUT2D eigenvalue weighted by Crippen LogP contribution is -2.13. The van der Waals surface area contributed by atoms with Crippen LogP contribution in [0, 0.1) is 11.3 Å². The lowest BCUT2D eigenvalue weighted by atomic mass is 10.1. The summed E-state index contributed by atoms with van der Waals surface area (Å²) in [4.78, 5) is 24.0. The molecule has 0 unspecified atom stereocenters. The summed E-state index contributed by atoms with van der Waals surface area (Å²) in [6.07, 6.45) is 0. The summed E-state index contributed by atoms with van der Waals surface area (Å²) in [5.74, 6) is -0.832. The van der Waals surface area contributed by atoms with E-state index in [4.69, 9.17) is 10.00 Å². The molecule has 0 aliphatic heterocycles. The summed E-state index contributed by atoms with van der Waals surface area (Å²) < 4.78 is 5.79. The topological polar surface area (TPSA) is 67.2 Å². The van der Waals surface area contributed by atoms with E-state index in [9.17, 15) is 9.59 Å². The molecule has 0 saturated carbocycles. The number of thiophene rings is 1. The van der Waals surface area contributed by atoms with Crippen molar-refractivity contribution in [2.24, 2.45) is 0 Å². The molecule has 20 heavy (non-hydrogen) atoms. The Morgan fingerprint density at radius 2 is 1.90 bits per heavy atom. The highest BCUT2D eigenvalue weighted by Crippen LogP contribution is 2.22. The van der Waals surface area contributed by atoms with Gasteiger partial charge in [-0.3, -0.25) is 4.79 Å². The van der Waals surface area contributed by atoms with Crippen LogP contribution in [-0.4, -0.2) is 18.4 Å². The monoisotopic (exact) mass is 349 g/mol. The van der Waals surface area contributed by atoms with Crippen LogP contribution in [0.15, 0.2) is 40.2 Å². The Morgan fingerprint density at radius 3 is 2.45 bits per heavy atom. The van der Waals surface area contributed by atoms with Crippen molar-refractivity contribution in [2.75, 3.05) is 6.61 Å². The van der Waals surface area contributed by atoms with Gasteiger partial charge < -0.3 is 4.74 Å². The van der Waals surface area contributed by atoms with Crippen LogP contribution in [-0.2, 0) is 4.74 Å². The Hall–Kier alpha value is -1.97. The fourth-order valence-corrected chi connectivity index (χ4v) is 2.74. The molecule has 2 aromatic rings. The van der Waals surface area contributed by atoms with Crippen molar-refractivity contribution in [3.8, 4) is 6.07 Å². The van der Waals surface area contributed by atoms with Crippen molar-refractivity contribution in [3.05, 3.63) is 56.2 Å². The third kappa shape index (κ3) is 3.53. The van der Waals surface area contributed by atoms with E-state index in [0.29, 0.717) is 16.0 Å². The summed E-state index contributed by atoms with van der Waals surface area (Å²) >= 11 is 4.55. The molecule has 0 N–H and O–H groups in total. The molecule has 0 fully saturated rings. The Morgan fingerprint density at radius 1 is 1.20 bits per heavy atom. The number of nitrogens with zero attached hydrogens (tertiary/aromatic N) is 1. The van der Waals surface area contributed by atoms with Crippen LogP contribution in [0.2, 0.25) is 0 Å². The lowest BCUT2D eigenvalue weighted by Gasteiger charge is -2.03. The van der Waals surface area contributed by atoms with E-state index in [1.807, 2.05) is 6.07 Å². The van der Waals surface area contributed by atoms with E-state index < -0.39 is 5.97 Å². The molecule has 4 nitrogen and oxygen atoms in total. The van der Waals surface area contributed by atoms with Crippen LogP contribution in [0.4, 0.5) is 0 Å². The minimum absolute atomic E-state index is 0.248. The summed E-state index contributed by atoms with van der Waals surface area (Å²) in [5.41, 5.74) is 0.769. The average molecular weight is 350 g/mol.